The van der Waals surface area contributed by atoms with E-state index in [0.717, 1.165) is 5.57 Å². The number of allylic oxidation sites excluding steroid dienone is 3. The molecular weight excluding hydrogens is 208 g/mol. The van der Waals surface area contributed by atoms with Crippen molar-refractivity contribution in [3.63, 3.8) is 0 Å². The van der Waals surface area contributed by atoms with Crippen molar-refractivity contribution in [2.24, 2.45) is 5.41 Å². The Morgan fingerprint density at radius 2 is 1.69 bits per heavy atom. The fourth-order valence-electron chi connectivity index (χ4n) is 1.15. The van der Waals surface area contributed by atoms with E-state index in [1.54, 1.807) is 12.2 Å². The van der Waals surface area contributed by atoms with Gasteiger partial charge in [-0.3, -0.25) is 9.59 Å². The Morgan fingerprint density at radius 1 is 1.25 bits per heavy atom. The first-order valence-corrected chi connectivity index (χ1v) is 4.88. The molecule has 0 aliphatic carbocycles. The minimum Gasteiger partial charge on any atom is -0.468 e. The van der Waals surface area contributed by atoms with Crippen LogP contribution in [0.4, 0.5) is 0 Å². The number of carbonyl (C=O) groups excluding carboxylic acids is 2. The first kappa shape index (κ1) is 14.4. The molecule has 0 aromatic heterocycles. The van der Waals surface area contributed by atoms with Gasteiger partial charge >= 0.3 is 11.9 Å². The van der Waals surface area contributed by atoms with Gasteiger partial charge in [-0.2, -0.15) is 0 Å². The SMILES string of the molecule is C=C/C(C)=C\CC(C)(C(=O)OC)C(=O)OC. The predicted octanol–water partition coefficient (Wildman–Crippen LogP) is 1.86. The van der Waals surface area contributed by atoms with E-state index in [1.165, 1.54) is 21.1 Å². The van der Waals surface area contributed by atoms with Crippen molar-refractivity contribution in [2.45, 2.75) is 20.3 Å². The third-order valence-electron chi connectivity index (χ3n) is 2.43. The molecule has 0 aromatic rings. The summed E-state index contributed by atoms with van der Waals surface area (Å²) in [7, 11) is 2.49. The van der Waals surface area contributed by atoms with Gasteiger partial charge in [-0.05, 0) is 20.3 Å². The Balaban J connectivity index is 5.02. The number of ether oxygens (including phenoxy) is 2. The highest BCUT2D eigenvalue weighted by atomic mass is 16.5. The summed E-state index contributed by atoms with van der Waals surface area (Å²) in [6, 6.07) is 0. The van der Waals surface area contributed by atoms with Crippen molar-refractivity contribution in [2.75, 3.05) is 14.2 Å². The Labute approximate surface area is 95.9 Å². The van der Waals surface area contributed by atoms with Crippen molar-refractivity contribution >= 4 is 11.9 Å². The molecule has 4 nitrogen and oxygen atoms in total. The molecule has 0 N–H and O–H groups in total. The van der Waals surface area contributed by atoms with Crippen LogP contribution in [0.5, 0.6) is 0 Å². The largest absolute Gasteiger partial charge is 0.468 e. The lowest BCUT2D eigenvalue weighted by molar-refractivity contribution is -0.167. The van der Waals surface area contributed by atoms with Crippen molar-refractivity contribution < 1.29 is 19.1 Å². The molecule has 0 heterocycles. The molecule has 16 heavy (non-hydrogen) atoms. The van der Waals surface area contributed by atoms with Gasteiger partial charge in [-0.15, -0.1) is 0 Å². The van der Waals surface area contributed by atoms with Crippen LogP contribution >= 0.6 is 0 Å². The van der Waals surface area contributed by atoms with E-state index in [-0.39, 0.29) is 6.42 Å². The van der Waals surface area contributed by atoms with Gasteiger partial charge in [0.05, 0.1) is 14.2 Å². The molecule has 0 spiro atoms. The Kier molecular flexibility index (Phi) is 5.50. The maximum Gasteiger partial charge on any atom is 0.323 e. The Hall–Kier alpha value is -1.58. The second-order valence-electron chi connectivity index (χ2n) is 3.67. The lowest BCUT2D eigenvalue weighted by Crippen LogP contribution is -2.38. The normalized spacial score (nSPS) is 11.9. The fourth-order valence-corrected chi connectivity index (χ4v) is 1.15. The highest BCUT2D eigenvalue weighted by Gasteiger charge is 2.42. The van der Waals surface area contributed by atoms with E-state index in [9.17, 15) is 9.59 Å². The average molecular weight is 226 g/mol. The van der Waals surface area contributed by atoms with Crippen LogP contribution in [0.25, 0.3) is 0 Å². The van der Waals surface area contributed by atoms with Gasteiger partial charge in [0.1, 0.15) is 0 Å². The summed E-state index contributed by atoms with van der Waals surface area (Å²) < 4.78 is 9.22. The summed E-state index contributed by atoms with van der Waals surface area (Å²) in [4.78, 5) is 23.1. The third-order valence-corrected chi connectivity index (χ3v) is 2.43. The van der Waals surface area contributed by atoms with Crippen LogP contribution in [-0.2, 0) is 19.1 Å². The Bertz CT molecular complexity index is 299. The number of hydrogen-bond donors (Lipinski definition) is 0. The van der Waals surface area contributed by atoms with Gasteiger partial charge in [-0.1, -0.05) is 24.3 Å². The first-order valence-electron chi connectivity index (χ1n) is 4.88. The second-order valence-corrected chi connectivity index (χ2v) is 3.67. The molecule has 0 rings (SSSR count). The fraction of sp³-hybridized carbons (Fsp3) is 0.500. The summed E-state index contributed by atoms with van der Waals surface area (Å²) in [6.07, 6.45) is 3.63. The quantitative estimate of drug-likeness (QED) is 0.408. The van der Waals surface area contributed by atoms with Gasteiger partial charge in [-0.25, -0.2) is 0 Å². The van der Waals surface area contributed by atoms with Gasteiger partial charge in [0, 0.05) is 0 Å². The van der Waals surface area contributed by atoms with E-state index < -0.39 is 17.4 Å². The zero-order valence-electron chi connectivity index (χ0n) is 10.2. The van der Waals surface area contributed by atoms with Gasteiger partial charge in [0.15, 0.2) is 5.41 Å². The molecule has 0 aliphatic rings. The topological polar surface area (TPSA) is 52.6 Å². The maximum absolute atomic E-state index is 11.6. The molecule has 4 heteroatoms. The minimum absolute atomic E-state index is 0.226. The van der Waals surface area contributed by atoms with E-state index in [1.807, 2.05) is 6.92 Å². The Morgan fingerprint density at radius 3 is 2.00 bits per heavy atom. The molecule has 0 saturated carbocycles. The molecule has 0 fully saturated rings. The molecule has 0 unspecified atom stereocenters. The van der Waals surface area contributed by atoms with E-state index >= 15 is 0 Å². The van der Waals surface area contributed by atoms with Crippen LogP contribution in [0.3, 0.4) is 0 Å². The monoisotopic (exact) mass is 226 g/mol. The predicted molar refractivity (Wildman–Crippen MR) is 60.7 cm³/mol. The smallest absolute Gasteiger partial charge is 0.323 e. The minimum atomic E-state index is -1.30. The van der Waals surface area contributed by atoms with E-state index in [0.29, 0.717) is 0 Å². The third kappa shape index (κ3) is 3.22. The second kappa shape index (κ2) is 6.10. The zero-order chi connectivity index (χ0) is 12.8. The standard InChI is InChI=1S/C12H18O4/c1-6-9(2)7-8-12(3,10(13)15-4)11(14)16-5/h6-7H,1,8H2,2-5H3/b9-7-. The van der Waals surface area contributed by atoms with Gasteiger partial charge < -0.3 is 9.47 Å². The summed E-state index contributed by atoms with van der Waals surface area (Å²) in [6.45, 7) is 6.92. The summed E-state index contributed by atoms with van der Waals surface area (Å²) in [5.74, 6) is -1.21. The summed E-state index contributed by atoms with van der Waals surface area (Å²) in [5, 5.41) is 0. The molecule has 0 radical (unpaired) electrons. The lowest BCUT2D eigenvalue weighted by atomic mass is 9.86. The number of rotatable bonds is 5. The van der Waals surface area contributed by atoms with Crippen LogP contribution < -0.4 is 0 Å². The van der Waals surface area contributed by atoms with E-state index in [2.05, 4.69) is 16.1 Å². The first-order chi connectivity index (χ1) is 7.42. The average Bonchev–Trinajstić information content (AvgIpc) is 2.32. The van der Waals surface area contributed by atoms with Crippen LogP contribution in [0.1, 0.15) is 20.3 Å². The van der Waals surface area contributed by atoms with Crippen LogP contribution in [0.15, 0.2) is 24.3 Å². The molecular formula is C12H18O4. The highest BCUT2D eigenvalue weighted by Crippen LogP contribution is 2.26. The van der Waals surface area contributed by atoms with Crippen molar-refractivity contribution in [3.8, 4) is 0 Å². The van der Waals surface area contributed by atoms with Crippen molar-refractivity contribution in [1.82, 2.24) is 0 Å². The van der Waals surface area contributed by atoms with Crippen molar-refractivity contribution in [3.05, 3.63) is 24.3 Å². The number of carbonyl (C=O) groups is 2. The van der Waals surface area contributed by atoms with Gasteiger partial charge in [0.2, 0.25) is 0 Å². The van der Waals surface area contributed by atoms with Crippen molar-refractivity contribution in [1.29, 1.82) is 0 Å². The van der Waals surface area contributed by atoms with E-state index in [4.69, 9.17) is 0 Å². The van der Waals surface area contributed by atoms with Gasteiger partial charge in [0.25, 0.3) is 0 Å². The molecule has 0 saturated heterocycles. The number of methoxy groups -OCH3 is 2. The molecule has 0 bridgehead atoms. The molecule has 0 atom stereocenters. The van der Waals surface area contributed by atoms with Crippen LogP contribution in [0, 0.1) is 5.41 Å². The maximum atomic E-state index is 11.6. The number of hydrogen-bond acceptors (Lipinski definition) is 4. The molecule has 0 aromatic carbocycles. The number of esters is 2. The lowest BCUT2D eigenvalue weighted by Gasteiger charge is -2.22. The van der Waals surface area contributed by atoms with Crippen LogP contribution in [-0.4, -0.2) is 26.2 Å². The molecule has 0 amide bonds. The summed E-state index contributed by atoms with van der Waals surface area (Å²) in [5.41, 5.74) is -0.410. The van der Waals surface area contributed by atoms with Crippen LogP contribution in [0.2, 0.25) is 0 Å². The molecule has 90 valence electrons. The zero-order valence-corrected chi connectivity index (χ0v) is 10.2. The summed E-state index contributed by atoms with van der Waals surface area (Å²) >= 11 is 0. The highest BCUT2D eigenvalue weighted by molar-refractivity contribution is 5.99. The molecule has 0 aliphatic heterocycles.